The summed E-state index contributed by atoms with van der Waals surface area (Å²) in [5, 5.41) is 0. The zero-order valence-electron chi connectivity index (χ0n) is 8.98. The van der Waals surface area contributed by atoms with Gasteiger partial charge in [-0.15, -0.1) is 0 Å². The van der Waals surface area contributed by atoms with Gasteiger partial charge in [0.05, 0.1) is 6.61 Å². The average molecular weight is 224 g/mol. The first-order chi connectivity index (χ1) is 7.72. The molecule has 3 nitrogen and oxygen atoms in total. The van der Waals surface area contributed by atoms with Crippen molar-refractivity contribution in [1.29, 1.82) is 0 Å². The molecule has 0 fully saturated rings. The van der Waals surface area contributed by atoms with E-state index in [9.17, 15) is 9.18 Å². The first kappa shape index (κ1) is 12.2. The van der Waals surface area contributed by atoms with Gasteiger partial charge in [0.15, 0.2) is 0 Å². The Hall–Kier alpha value is -1.84. The highest BCUT2D eigenvalue weighted by molar-refractivity contribution is 5.81. The maximum Gasteiger partial charge on any atom is 0.330 e. The lowest BCUT2D eigenvalue weighted by atomic mass is 10.3. The molecule has 0 saturated heterocycles. The number of ether oxygens (including phenoxy) is 2. The Labute approximate surface area is 93.5 Å². The topological polar surface area (TPSA) is 35.5 Å². The molecule has 1 aromatic carbocycles. The molecule has 1 rings (SSSR count). The molecule has 4 heteroatoms. The van der Waals surface area contributed by atoms with Gasteiger partial charge in [0.1, 0.15) is 18.2 Å². The average Bonchev–Trinajstić information content (AvgIpc) is 2.25. The van der Waals surface area contributed by atoms with E-state index in [-0.39, 0.29) is 12.4 Å². The van der Waals surface area contributed by atoms with Crippen LogP contribution in [0.25, 0.3) is 0 Å². The van der Waals surface area contributed by atoms with E-state index in [0.29, 0.717) is 12.4 Å². The molecule has 16 heavy (non-hydrogen) atoms. The van der Waals surface area contributed by atoms with E-state index in [1.165, 1.54) is 24.3 Å². The van der Waals surface area contributed by atoms with Gasteiger partial charge in [-0.25, -0.2) is 9.18 Å². The molecule has 1 aromatic rings. The van der Waals surface area contributed by atoms with Crippen LogP contribution >= 0.6 is 0 Å². The Morgan fingerprint density at radius 2 is 2.31 bits per heavy atom. The van der Waals surface area contributed by atoms with Crippen molar-refractivity contribution in [3.8, 4) is 5.75 Å². The third-order valence-corrected chi connectivity index (χ3v) is 1.68. The summed E-state index contributed by atoms with van der Waals surface area (Å²) < 4.78 is 22.6. The molecule has 0 aliphatic carbocycles. The number of carbonyl (C=O) groups excluding carboxylic acids is 1. The molecule has 0 aliphatic rings. The van der Waals surface area contributed by atoms with Crippen molar-refractivity contribution in [3.63, 3.8) is 0 Å². The first-order valence-electron chi connectivity index (χ1n) is 4.94. The van der Waals surface area contributed by atoms with Crippen LogP contribution in [0.4, 0.5) is 4.39 Å². The van der Waals surface area contributed by atoms with Crippen molar-refractivity contribution >= 4 is 5.97 Å². The lowest BCUT2D eigenvalue weighted by molar-refractivity contribution is -0.137. The van der Waals surface area contributed by atoms with Gasteiger partial charge >= 0.3 is 5.97 Å². The third-order valence-electron chi connectivity index (χ3n) is 1.68. The highest BCUT2D eigenvalue weighted by Gasteiger charge is 1.95. The Kier molecular flexibility index (Phi) is 5.05. The minimum Gasteiger partial charge on any atom is -0.489 e. The molecule has 0 heterocycles. The molecule has 0 N–H and O–H groups in total. The van der Waals surface area contributed by atoms with Crippen molar-refractivity contribution in [3.05, 3.63) is 42.2 Å². The minimum absolute atomic E-state index is 0.197. The maximum absolute atomic E-state index is 12.7. The van der Waals surface area contributed by atoms with Crippen LogP contribution in [0.5, 0.6) is 5.75 Å². The van der Waals surface area contributed by atoms with Crippen LogP contribution in [0.3, 0.4) is 0 Å². The van der Waals surface area contributed by atoms with E-state index >= 15 is 0 Å². The fourth-order valence-corrected chi connectivity index (χ4v) is 1.04. The molecule has 0 saturated carbocycles. The van der Waals surface area contributed by atoms with Crippen LogP contribution in [-0.2, 0) is 9.53 Å². The number of carbonyl (C=O) groups is 1. The monoisotopic (exact) mass is 224 g/mol. The molecule has 0 aromatic heterocycles. The second kappa shape index (κ2) is 6.61. The number of halogens is 1. The van der Waals surface area contributed by atoms with E-state index in [4.69, 9.17) is 4.74 Å². The number of rotatable bonds is 5. The van der Waals surface area contributed by atoms with Crippen LogP contribution in [0.15, 0.2) is 36.4 Å². The SMILES string of the molecule is CCOC(=O)/C=C/COc1cccc(F)c1. The largest absolute Gasteiger partial charge is 0.489 e. The van der Waals surface area contributed by atoms with Gasteiger partial charge < -0.3 is 9.47 Å². The van der Waals surface area contributed by atoms with Gasteiger partial charge in [-0.2, -0.15) is 0 Å². The molecule has 0 bridgehead atoms. The van der Waals surface area contributed by atoms with E-state index in [2.05, 4.69) is 4.74 Å². The second-order valence-corrected chi connectivity index (χ2v) is 2.92. The van der Waals surface area contributed by atoms with Crippen molar-refractivity contribution in [2.24, 2.45) is 0 Å². The lowest BCUT2D eigenvalue weighted by Gasteiger charge is -2.02. The molecular weight excluding hydrogens is 211 g/mol. The van der Waals surface area contributed by atoms with Crippen LogP contribution < -0.4 is 4.74 Å². The summed E-state index contributed by atoms with van der Waals surface area (Å²) in [6, 6.07) is 5.81. The Morgan fingerprint density at radius 3 is 3.00 bits per heavy atom. The van der Waals surface area contributed by atoms with Gasteiger partial charge in [0.25, 0.3) is 0 Å². The Morgan fingerprint density at radius 1 is 1.50 bits per heavy atom. The van der Waals surface area contributed by atoms with Crippen LogP contribution in [0.1, 0.15) is 6.92 Å². The predicted molar refractivity (Wildman–Crippen MR) is 57.7 cm³/mol. The standard InChI is InChI=1S/C12H13FO3/c1-2-15-12(14)7-4-8-16-11-6-3-5-10(13)9-11/h3-7,9H,2,8H2,1H3/b7-4+. The van der Waals surface area contributed by atoms with Crippen molar-refractivity contribution < 1.29 is 18.7 Å². The lowest BCUT2D eigenvalue weighted by Crippen LogP contribution is -2.00. The minimum atomic E-state index is -0.412. The van der Waals surface area contributed by atoms with Gasteiger partial charge in [0, 0.05) is 12.1 Å². The quantitative estimate of drug-likeness (QED) is 0.568. The summed E-state index contributed by atoms with van der Waals surface area (Å²) in [5.74, 6) is -0.342. The molecule has 0 unspecified atom stereocenters. The van der Waals surface area contributed by atoms with Crippen molar-refractivity contribution in [2.75, 3.05) is 13.2 Å². The van der Waals surface area contributed by atoms with E-state index < -0.39 is 5.97 Å². The zero-order valence-corrected chi connectivity index (χ0v) is 8.98. The molecule has 0 atom stereocenters. The highest BCUT2D eigenvalue weighted by Crippen LogP contribution is 2.11. The van der Waals surface area contributed by atoms with E-state index in [1.54, 1.807) is 19.1 Å². The van der Waals surface area contributed by atoms with Crippen LogP contribution in [-0.4, -0.2) is 19.2 Å². The number of benzene rings is 1. The van der Waals surface area contributed by atoms with Gasteiger partial charge in [-0.1, -0.05) is 6.07 Å². The fourth-order valence-electron chi connectivity index (χ4n) is 1.04. The molecule has 0 aliphatic heterocycles. The summed E-state index contributed by atoms with van der Waals surface area (Å²) >= 11 is 0. The van der Waals surface area contributed by atoms with Crippen molar-refractivity contribution in [1.82, 2.24) is 0 Å². The summed E-state index contributed by atoms with van der Waals surface area (Å²) in [6.07, 6.45) is 2.80. The number of hydrogen-bond donors (Lipinski definition) is 0. The van der Waals surface area contributed by atoms with Gasteiger partial charge in [0.2, 0.25) is 0 Å². The molecule has 0 radical (unpaired) electrons. The maximum atomic E-state index is 12.7. The van der Waals surface area contributed by atoms with E-state index in [0.717, 1.165) is 0 Å². The van der Waals surface area contributed by atoms with Crippen molar-refractivity contribution in [2.45, 2.75) is 6.92 Å². The highest BCUT2D eigenvalue weighted by atomic mass is 19.1. The van der Waals surface area contributed by atoms with Crippen LogP contribution in [0, 0.1) is 5.82 Å². The van der Waals surface area contributed by atoms with Crippen LogP contribution in [0.2, 0.25) is 0 Å². The molecule has 0 spiro atoms. The van der Waals surface area contributed by atoms with Gasteiger partial charge in [-0.05, 0) is 25.1 Å². The van der Waals surface area contributed by atoms with Gasteiger partial charge in [-0.3, -0.25) is 0 Å². The molecule has 0 amide bonds. The molecular formula is C12H13FO3. The summed E-state index contributed by atoms with van der Waals surface area (Å²) in [5.41, 5.74) is 0. The predicted octanol–water partition coefficient (Wildman–Crippen LogP) is 2.32. The number of hydrogen-bond acceptors (Lipinski definition) is 3. The summed E-state index contributed by atoms with van der Waals surface area (Å²) in [7, 11) is 0. The smallest absolute Gasteiger partial charge is 0.330 e. The van der Waals surface area contributed by atoms with E-state index in [1.807, 2.05) is 0 Å². The Balaban J connectivity index is 2.33. The normalized spacial score (nSPS) is 10.4. The summed E-state index contributed by atoms with van der Waals surface area (Å²) in [6.45, 7) is 2.27. The fraction of sp³-hybridized carbons (Fsp3) is 0.250. The zero-order chi connectivity index (χ0) is 11.8. The molecule has 86 valence electrons. The second-order valence-electron chi connectivity index (χ2n) is 2.92. The number of esters is 1. The third kappa shape index (κ3) is 4.59. The Bertz CT molecular complexity index is 374. The summed E-state index contributed by atoms with van der Waals surface area (Å²) in [4.78, 5) is 10.9. The first-order valence-corrected chi connectivity index (χ1v) is 4.94.